The molecule has 1 saturated heterocycles. The Morgan fingerprint density at radius 1 is 1.62 bits per heavy atom. The fourth-order valence-electron chi connectivity index (χ4n) is 1.81. The van der Waals surface area contributed by atoms with Gasteiger partial charge < -0.3 is 9.73 Å². The molecule has 1 unspecified atom stereocenters. The minimum absolute atomic E-state index is 0.396. The fraction of sp³-hybridized carbons (Fsp3) is 0.600. The van der Waals surface area contributed by atoms with Gasteiger partial charge >= 0.3 is 0 Å². The lowest BCUT2D eigenvalue weighted by Gasteiger charge is -2.29. The van der Waals surface area contributed by atoms with Gasteiger partial charge in [0, 0.05) is 13.0 Å². The Hall–Kier alpha value is -0.830. The van der Waals surface area contributed by atoms with E-state index in [-0.39, 0.29) is 0 Å². The molecule has 72 valence electrons. The van der Waals surface area contributed by atoms with Gasteiger partial charge in [0.05, 0.1) is 6.26 Å². The van der Waals surface area contributed by atoms with Crippen LogP contribution in [-0.2, 0) is 6.42 Å². The SMILES string of the molecule is FC1(Cc2ccco2)CCCNC1. The van der Waals surface area contributed by atoms with Gasteiger partial charge in [0.2, 0.25) is 0 Å². The predicted molar refractivity (Wildman–Crippen MR) is 48.4 cm³/mol. The van der Waals surface area contributed by atoms with E-state index >= 15 is 0 Å². The van der Waals surface area contributed by atoms with Crippen LogP contribution in [0, 0.1) is 0 Å². The quantitative estimate of drug-likeness (QED) is 0.757. The van der Waals surface area contributed by atoms with Gasteiger partial charge in [-0.15, -0.1) is 0 Å². The maximum Gasteiger partial charge on any atom is 0.130 e. The van der Waals surface area contributed by atoms with Crippen LogP contribution in [0.1, 0.15) is 18.6 Å². The van der Waals surface area contributed by atoms with Crippen LogP contribution in [0.25, 0.3) is 0 Å². The number of piperidine rings is 1. The van der Waals surface area contributed by atoms with Crippen LogP contribution in [0.15, 0.2) is 22.8 Å². The van der Waals surface area contributed by atoms with Crippen molar-refractivity contribution in [2.45, 2.75) is 24.9 Å². The summed E-state index contributed by atoms with van der Waals surface area (Å²) in [5.41, 5.74) is -1.10. The van der Waals surface area contributed by atoms with Gasteiger partial charge in [-0.3, -0.25) is 0 Å². The average Bonchev–Trinajstić information content (AvgIpc) is 2.57. The van der Waals surface area contributed by atoms with Crippen molar-refractivity contribution in [3.8, 4) is 0 Å². The Kier molecular flexibility index (Phi) is 2.36. The van der Waals surface area contributed by atoms with Gasteiger partial charge in [-0.05, 0) is 31.5 Å². The van der Waals surface area contributed by atoms with E-state index in [0.29, 0.717) is 19.4 Å². The van der Waals surface area contributed by atoms with E-state index in [4.69, 9.17) is 4.42 Å². The molecular weight excluding hydrogens is 169 g/mol. The summed E-state index contributed by atoms with van der Waals surface area (Å²) in [6, 6.07) is 3.63. The van der Waals surface area contributed by atoms with Gasteiger partial charge in [0.25, 0.3) is 0 Å². The van der Waals surface area contributed by atoms with E-state index < -0.39 is 5.67 Å². The molecule has 2 rings (SSSR count). The van der Waals surface area contributed by atoms with E-state index in [0.717, 1.165) is 18.7 Å². The van der Waals surface area contributed by atoms with Crippen molar-refractivity contribution in [1.29, 1.82) is 0 Å². The molecule has 1 aliphatic heterocycles. The lowest BCUT2D eigenvalue weighted by molar-refractivity contribution is 0.115. The molecule has 0 spiro atoms. The second kappa shape index (κ2) is 3.50. The molecule has 0 saturated carbocycles. The molecule has 13 heavy (non-hydrogen) atoms. The van der Waals surface area contributed by atoms with Crippen molar-refractivity contribution in [2.24, 2.45) is 0 Å². The van der Waals surface area contributed by atoms with Crippen LogP contribution in [0.2, 0.25) is 0 Å². The minimum Gasteiger partial charge on any atom is -0.469 e. The highest BCUT2D eigenvalue weighted by Crippen LogP contribution is 2.25. The molecule has 0 aliphatic carbocycles. The molecular formula is C10H14FNO. The van der Waals surface area contributed by atoms with Gasteiger partial charge in [-0.25, -0.2) is 4.39 Å². The topological polar surface area (TPSA) is 25.2 Å². The molecule has 3 heteroatoms. The normalized spacial score (nSPS) is 29.0. The van der Waals surface area contributed by atoms with E-state index in [1.165, 1.54) is 0 Å². The molecule has 2 nitrogen and oxygen atoms in total. The maximum absolute atomic E-state index is 14.0. The van der Waals surface area contributed by atoms with Crippen molar-refractivity contribution in [3.63, 3.8) is 0 Å². The van der Waals surface area contributed by atoms with Gasteiger partial charge in [0.1, 0.15) is 11.4 Å². The number of alkyl halides is 1. The zero-order valence-electron chi connectivity index (χ0n) is 7.55. The molecule has 1 aromatic rings. The Morgan fingerprint density at radius 2 is 2.54 bits per heavy atom. The second-order valence-electron chi connectivity index (χ2n) is 3.69. The summed E-state index contributed by atoms with van der Waals surface area (Å²) >= 11 is 0. The third-order valence-electron chi connectivity index (χ3n) is 2.49. The molecule has 1 aliphatic rings. The summed E-state index contributed by atoms with van der Waals surface area (Å²) in [6.45, 7) is 1.39. The lowest BCUT2D eigenvalue weighted by Crippen LogP contribution is -2.43. The number of rotatable bonds is 2. The summed E-state index contributed by atoms with van der Waals surface area (Å²) in [5.74, 6) is 0.742. The summed E-state index contributed by atoms with van der Waals surface area (Å²) in [6.07, 6.45) is 3.54. The van der Waals surface area contributed by atoms with Crippen LogP contribution >= 0.6 is 0 Å². The van der Waals surface area contributed by atoms with Gasteiger partial charge in [-0.2, -0.15) is 0 Å². The predicted octanol–water partition coefficient (Wildman–Crippen LogP) is 1.91. The summed E-state index contributed by atoms with van der Waals surface area (Å²) in [4.78, 5) is 0. The molecule has 0 radical (unpaired) electrons. The molecule has 1 N–H and O–H groups in total. The van der Waals surface area contributed by atoms with Crippen LogP contribution < -0.4 is 5.32 Å². The van der Waals surface area contributed by atoms with Crippen LogP contribution in [0.5, 0.6) is 0 Å². The molecule has 0 bridgehead atoms. The zero-order valence-corrected chi connectivity index (χ0v) is 7.55. The summed E-state index contributed by atoms with van der Waals surface area (Å²) in [5, 5.41) is 3.07. The van der Waals surface area contributed by atoms with Gasteiger partial charge in [0.15, 0.2) is 0 Å². The first-order chi connectivity index (χ1) is 6.29. The fourth-order valence-corrected chi connectivity index (χ4v) is 1.81. The molecule has 1 atom stereocenters. The van der Waals surface area contributed by atoms with E-state index in [1.54, 1.807) is 12.3 Å². The largest absolute Gasteiger partial charge is 0.469 e. The average molecular weight is 183 g/mol. The highest BCUT2D eigenvalue weighted by atomic mass is 19.1. The van der Waals surface area contributed by atoms with Gasteiger partial charge in [-0.1, -0.05) is 0 Å². The van der Waals surface area contributed by atoms with Crippen molar-refractivity contribution in [2.75, 3.05) is 13.1 Å². The Morgan fingerprint density at radius 3 is 3.15 bits per heavy atom. The Balaban J connectivity index is 1.99. The second-order valence-corrected chi connectivity index (χ2v) is 3.69. The highest BCUT2D eigenvalue weighted by Gasteiger charge is 2.32. The number of halogens is 1. The summed E-state index contributed by atoms with van der Waals surface area (Å²) < 4.78 is 19.1. The number of furan rings is 1. The molecule has 1 fully saturated rings. The van der Waals surface area contributed by atoms with Crippen molar-refractivity contribution in [3.05, 3.63) is 24.2 Å². The van der Waals surface area contributed by atoms with E-state index in [2.05, 4.69) is 5.32 Å². The number of nitrogens with one attached hydrogen (secondary N) is 1. The summed E-state index contributed by atoms with van der Waals surface area (Å²) in [7, 11) is 0. The molecule has 1 aromatic heterocycles. The number of hydrogen-bond donors (Lipinski definition) is 1. The first kappa shape index (κ1) is 8.75. The zero-order chi connectivity index (χ0) is 9.15. The van der Waals surface area contributed by atoms with Crippen molar-refractivity contribution < 1.29 is 8.81 Å². The molecule has 0 amide bonds. The first-order valence-corrected chi connectivity index (χ1v) is 4.71. The van der Waals surface area contributed by atoms with E-state index in [1.807, 2.05) is 6.07 Å². The monoisotopic (exact) mass is 183 g/mol. The van der Waals surface area contributed by atoms with E-state index in [9.17, 15) is 4.39 Å². The molecule has 2 heterocycles. The third-order valence-corrected chi connectivity index (χ3v) is 2.49. The number of hydrogen-bond acceptors (Lipinski definition) is 2. The van der Waals surface area contributed by atoms with Crippen LogP contribution in [-0.4, -0.2) is 18.8 Å². The Labute approximate surface area is 77.1 Å². The van der Waals surface area contributed by atoms with Crippen molar-refractivity contribution >= 4 is 0 Å². The standard InChI is InChI=1S/C10H14FNO/c11-10(4-2-5-12-8-10)7-9-3-1-6-13-9/h1,3,6,12H,2,4-5,7-8H2. The maximum atomic E-state index is 14.0. The Bertz CT molecular complexity index is 252. The minimum atomic E-state index is -1.10. The molecule has 0 aromatic carbocycles. The van der Waals surface area contributed by atoms with Crippen LogP contribution in [0.3, 0.4) is 0 Å². The smallest absolute Gasteiger partial charge is 0.130 e. The third kappa shape index (κ3) is 2.10. The lowest BCUT2D eigenvalue weighted by atomic mass is 9.92. The van der Waals surface area contributed by atoms with Crippen LogP contribution in [0.4, 0.5) is 4.39 Å². The highest BCUT2D eigenvalue weighted by molar-refractivity contribution is 5.04. The van der Waals surface area contributed by atoms with Crippen molar-refractivity contribution in [1.82, 2.24) is 5.32 Å². The first-order valence-electron chi connectivity index (χ1n) is 4.71.